The van der Waals surface area contributed by atoms with Crippen molar-refractivity contribution in [2.75, 3.05) is 27.4 Å². The first-order valence-corrected chi connectivity index (χ1v) is 10.1. The summed E-state index contributed by atoms with van der Waals surface area (Å²) in [5.74, 6) is 1.73. The van der Waals surface area contributed by atoms with Crippen molar-refractivity contribution in [3.8, 4) is 11.5 Å². The fraction of sp³-hybridized carbons (Fsp3) is 0.524. The van der Waals surface area contributed by atoms with Crippen LogP contribution in [-0.4, -0.2) is 66.8 Å². The Kier molecular flexibility index (Phi) is 6.21. The van der Waals surface area contributed by atoms with E-state index in [1.165, 1.54) is 0 Å². The second-order valence-corrected chi connectivity index (χ2v) is 7.95. The minimum Gasteiger partial charge on any atom is -0.454 e. The van der Waals surface area contributed by atoms with Crippen LogP contribution >= 0.6 is 0 Å². The van der Waals surface area contributed by atoms with Crippen LogP contribution in [0.15, 0.2) is 28.8 Å². The van der Waals surface area contributed by atoms with E-state index < -0.39 is 12.2 Å². The minimum atomic E-state index is -0.625. The molecule has 2 aliphatic rings. The lowest BCUT2D eigenvalue weighted by Gasteiger charge is -2.33. The molecule has 2 aromatic rings. The Morgan fingerprint density at radius 3 is 2.90 bits per heavy atom. The van der Waals surface area contributed by atoms with E-state index in [2.05, 4.69) is 10.5 Å². The third-order valence-electron chi connectivity index (χ3n) is 5.20. The molecule has 1 fully saturated rings. The first kappa shape index (κ1) is 20.6. The second-order valence-electron chi connectivity index (χ2n) is 7.95. The molecule has 9 nitrogen and oxygen atoms in total. The highest BCUT2D eigenvalue weighted by Crippen LogP contribution is 2.32. The van der Waals surface area contributed by atoms with Crippen LogP contribution in [-0.2, 0) is 17.7 Å². The summed E-state index contributed by atoms with van der Waals surface area (Å²) in [6.07, 6.45) is 0.755. The fourth-order valence-corrected chi connectivity index (χ4v) is 3.69. The van der Waals surface area contributed by atoms with E-state index in [1.54, 1.807) is 18.2 Å². The van der Waals surface area contributed by atoms with Crippen LogP contribution in [0.1, 0.15) is 34.7 Å². The first-order chi connectivity index (χ1) is 14.5. The van der Waals surface area contributed by atoms with Crippen molar-refractivity contribution in [1.82, 2.24) is 15.4 Å². The Morgan fingerprint density at radius 2 is 2.07 bits per heavy atom. The molecule has 0 spiro atoms. The van der Waals surface area contributed by atoms with Gasteiger partial charge in [-0.25, -0.2) is 0 Å². The molecule has 4 rings (SSSR count). The second kappa shape index (κ2) is 9.03. The van der Waals surface area contributed by atoms with Crippen molar-refractivity contribution < 1.29 is 28.6 Å². The zero-order chi connectivity index (χ0) is 21.1. The molecule has 3 heterocycles. The number of nitrogens with zero attached hydrogens (tertiary/aromatic N) is 2. The molecule has 0 radical (unpaired) electrons. The van der Waals surface area contributed by atoms with Gasteiger partial charge in [-0.1, -0.05) is 5.16 Å². The van der Waals surface area contributed by atoms with Crippen LogP contribution < -0.4 is 14.8 Å². The quantitative estimate of drug-likeness (QED) is 0.695. The van der Waals surface area contributed by atoms with Gasteiger partial charge in [0.15, 0.2) is 17.3 Å². The zero-order valence-corrected chi connectivity index (χ0v) is 17.2. The van der Waals surface area contributed by atoms with Crippen molar-refractivity contribution >= 4 is 5.91 Å². The lowest BCUT2D eigenvalue weighted by Crippen LogP contribution is -2.46. The lowest BCUT2D eigenvalue weighted by atomic mass is 9.98. The minimum absolute atomic E-state index is 0.0850. The van der Waals surface area contributed by atoms with E-state index in [9.17, 15) is 9.90 Å². The largest absolute Gasteiger partial charge is 0.454 e. The maximum atomic E-state index is 12.5. The molecule has 0 bridgehead atoms. The topological polar surface area (TPSA) is 106 Å². The number of aromatic nitrogens is 1. The Hall–Kier alpha value is -2.62. The van der Waals surface area contributed by atoms with E-state index in [0.717, 1.165) is 17.9 Å². The van der Waals surface area contributed by atoms with Gasteiger partial charge >= 0.3 is 0 Å². The van der Waals surface area contributed by atoms with Gasteiger partial charge in [0, 0.05) is 24.6 Å². The number of fused-ring (bicyclic) bond motifs is 1. The van der Waals surface area contributed by atoms with E-state index in [1.807, 2.05) is 25.1 Å². The summed E-state index contributed by atoms with van der Waals surface area (Å²) in [4.78, 5) is 14.5. The van der Waals surface area contributed by atoms with Crippen molar-refractivity contribution in [2.45, 2.75) is 44.1 Å². The molecule has 2 aliphatic heterocycles. The van der Waals surface area contributed by atoms with E-state index in [0.29, 0.717) is 36.4 Å². The van der Waals surface area contributed by atoms with Gasteiger partial charge in [0.05, 0.1) is 24.4 Å². The maximum Gasteiger partial charge on any atom is 0.251 e. The smallest absolute Gasteiger partial charge is 0.251 e. The first-order valence-electron chi connectivity index (χ1n) is 10.1. The molecule has 1 aromatic heterocycles. The monoisotopic (exact) mass is 417 g/mol. The number of nitrogens with one attached hydrogen (secondary N) is 1. The molecule has 0 aliphatic carbocycles. The van der Waals surface area contributed by atoms with Crippen LogP contribution in [0.5, 0.6) is 11.5 Å². The number of rotatable bonds is 7. The Morgan fingerprint density at radius 1 is 1.23 bits per heavy atom. The van der Waals surface area contributed by atoms with Crippen molar-refractivity contribution in [3.63, 3.8) is 0 Å². The molecule has 3 atom stereocenters. The average molecular weight is 417 g/mol. The van der Waals surface area contributed by atoms with Crippen molar-refractivity contribution in [3.05, 3.63) is 41.3 Å². The third-order valence-corrected chi connectivity index (χ3v) is 5.20. The zero-order valence-electron chi connectivity index (χ0n) is 17.2. The van der Waals surface area contributed by atoms with Crippen LogP contribution in [0, 0.1) is 0 Å². The number of hydrogen-bond acceptors (Lipinski definition) is 8. The van der Waals surface area contributed by atoms with Crippen LogP contribution in [0.4, 0.5) is 0 Å². The van der Waals surface area contributed by atoms with Gasteiger partial charge in [-0.05, 0) is 45.1 Å². The van der Waals surface area contributed by atoms with E-state index in [-0.39, 0.29) is 25.3 Å². The Bertz CT molecular complexity index is 883. The van der Waals surface area contributed by atoms with Crippen LogP contribution in [0.3, 0.4) is 0 Å². The average Bonchev–Trinajstić information content (AvgIpc) is 3.36. The third kappa shape index (κ3) is 4.92. The summed E-state index contributed by atoms with van der Waals surface area (Å²) in [7, 11) is 3.94. The van der Waals surface area contributed by atoms with Crippen molar-refractivity contribution in [2.24, 2.45) is 0 Å². The SMILES string of the molecule is CN(C)Cc1cc(C[C@@H]2CC[C@H](O)[C@@H](CNC(=O)c3ccc4c(c3)OCO4)O2)no1. The molecule has 1 amide bonds. The number of carbonyl (C=O) groups is 1. The van der Waals surface area contributed by atoms with Crippen LogP contribution in [0.25, 0.3) is 0 Å². The molecule has 0 unspecified atom stereocenters. The fourth-order valence-electron chi connectivity index (χ4n) is 3.69. The number of hydrogen-bond donors (Lipinski definition) is 2. The van der Waals surface area contributed by atoms with Gasteiger partial charge in [-0.2, -0.15) is 0 Å². The Labute approximate surface area is 174 Å². The summed E-state index contributed by atoms with van der Waals surface area (Å²) < 4.78 is 22.0. The highest BCUT2D eigenvalue weighted by atomic mass is 16.7. The molecule has 0 saturated carbocycles. The Balaban J connectivity index is 1.30. The van der Waals surface area contributed by atoms with Gasteiger partial charge in [0.25, 0.3) is 5.91 Å². The number of benzene rings is 1. The van der Waals surface area contributed by atoms with Gasteiger partial charge in [0.2, 0.25) is 6.79 Å². The molecule has 1 aromatic carbocycles. The highest BCUT2D eigenvalue weighted by molar-refractivity contribution is 5.94. The molecule has 30 heavy (non-hydrogen) atoms. The van der Waals surface area contributed by atoms with Gasteiger partial charge < -0.3 is 34.1 Å². The number of amides is 1. The number of carbonyl (C=O) groups excluding carboxylic acids is 1. The number of ether oxygens (including phenoxy) is 3. The molecule has 9 heteroatoms. The van der Waals surface area contributed by atoms with Crippen molar-refractivity contribution in [1.29, 1.82) is 0 Å². The van der Waals surface area contributed by atoms with Gasteiger partial charge in [-0.3, -0.25) is 4.79 Å². The predicted octanol–water partition coefficient (Wildman–Crippen LogP) is 1.35. The summed E-state index contributed by atoms with van der Waals surface area (Å²) >= 11 is 0. The molecule has 162 valence electrons. The van der Waals surface area contributed by atoms with Crippen LogP contribution in [0.2, 0.25) is 0 Å². The molecular formula is C21H27N3O6. The number of aliphatic hydroxyl groups is 1. The highest BCUT2D eigenvalue weighted by Gasteiger charge is 2.31. The van der Waals surface area contributed by atoms with Gasteiger partial charge in [0.1, 0.15) is 6.10 Å². The molecular weight excluding hydrogens is 390 g/mol. The number of aliphatic hydroxyl groups excluding tert-OH is 1. The van der Waals surface area contributed by atoms with E-state index >= 15 is 0 Å². The summed E-state index contributed by atoms with van der Waals surface area (Å²) in [5, 5.41) is 17.3. The predicted molar refractivity (Wildman–Crippen MR) is 106 cm³/mol. The summed E-state index contributed by atoms with van der Waals surface area (Å²) in [6, 6.07) is 6.97. The normalized spacial score (nSPS) is 23.0. The summed E-state index contributed by atoms with van der Waals surface area (Å²) in [5.41, 5.74) is 1.30. The van der Waals surface area contributed by atoms with Gasteiger partial charge in [-0.15, -0.1) is 0 Å². The molecule has 2 N–H and O–H groups in total. The standard InChI is InChI=1S/C21H27N3O6/c1-24(2)11-16-9-14(23-30-16)8-15-4-5-17(25)20(29-15)10-22-21(26)13-3-6-18-19(7-13)28-12-27-18/h3,6-7,9,15,17,20,25H,4-5,8,10-12H2,1-2H3,(H,22,26)/t15-,17-,20+/m0/s1. The summed E-state index contributed by atoms with van der Waals surface area (Å²) in [6.45, 7) is 1.06. The van der Waals surface area contributed by atoms with E-state index in [4.69, 9.17) is 18.7 Å². The maximum absolute atomic E-state index is 12.5. The lowest BCUT2D eigenvalue weighted by molar-refractivity contribution is -0.114. The molecule has 1 saturated heterocycles.